The molecular weight excluding hydrogens is 651 g/mol. The van der Waals surface area contributed by atoms with Gasteiger partial charge in [-0.05, 0) is 97.2 Å². The van der Waals surface area contributed by atoms with Crippen molar-refractivity contribution in [2.45, 2.75) is 5.41 Å². The molecule has 0 saturated heterocycles. The van der Waals surface area contributed by atoms with Crippen LogP contribution in [0.4, 0.5) is 17.1 Å². The Morgan fingerprint density at radius 1 is 0.315 bits per heavy atom. The Bertz CT molecular complexity index is 2710. The van der Waals surface area contributed by atoms with Crippen LogP contribution >= 0.6 is 0 Å². The van der Waals surface area contributed by atoms with E-state index in [1.807, 2.05) is 0 Å². The first-order valence-corrected chi connectivity index (χ1v) is 18.7. The van der Waals surface area contributed by atoms with Gasteiger partial charge in [-0.3, -0.25) is 0 Å². The van der Waals surface area contributed by atoms with E-state index in [9.17, 15) is 0 Å². The van der Waals surface area contributed by atoms with E-state index in [2.05, 4.69) is 229 Å². The summed E-state index contributed by atoms with van der Waals surface area (Å²) in [6.07, 6.45) is 0. The lowest BCUT2D eigenvalue weighted by molar-refractivity contribution is 0.768. The number of hydrogen-bond acceptors (Lipinski definition) is 1. The Morgan fingerprint density at radius 3 is 1.59 bits per heavy atom. The van der Waals surface area contributed by atoms with Crippen molar-refractivity contribution in [3.05, 3.63) is 247 Å². The molecule has 0 amide bonds. The van der Waals surface area contributed by atoms with E-state index < -0.39 is 5.41 Å². The molecule has 0 fully saturated rings. The minimum Gasteiger partial charge on any atom is -0.310 e. The standard InChI is InChI=1S/C53H37N/c1-4-16-38(17-5-1)40-32-34-46(35-33-40)54(47-25-14-20-42(37-47)43-31-30-39-18-10-11-19-41(39)36-43)51-29-15-28-50-52(51)48-26-12-13-27-49(48)53(50,44-21-6-2-7-22-44)45-23-8-3-9-24-45/h1-37H. The van der Waals surface area contributed by atoms with Crippen LogP contribution in [0.3, 0.4) is 0 Å². The monoisotopic (exact) mass is 687 g/mol. The van der Waals surface area contributed by atoms with Crippen LogP contribution in [0.25, 0.3) is 44.2 Å². The molecule has 1 heteroatoms. The van der Waals surface area contributed by atoms with Gasteiger partial charge in [0.05, 0.1) is 11.1 Å². The van der Waals surface area contributed by atoms with Gasteiger partial charge in [0.1, 0.15) is 0 Å². The van der Waals surface area contributed by atoms with E-state index >= 15 is 0 Å². The fraction of sp³-hybridized carbons (Fsp3) is 0.0189. The van der Waals surface area contributed by atoms with Crippen molar-refractivity contribution in [3.63, 3.8) is 0 Å². The first kappa shape index (κ1) is 31.7. The van der Waals surface area contributed by atoms with Crippen LogP contribution in [-0.2, 0) is 5.41 Å². The van der Waals surface area contributed by atoms with Crippen molar-refractivity contribution in [2.75, 3.05) is 4.90 Å². The summed E-state index contributed by atoms with van der Waals surface area (Å²) >= 11 is 0. The minimum atomic E-state index is -0.486. The minimum absolute atomic E-state index is 0.486. The fourth-order valence-corrected chi connectivity index (χ4v) is 8.71. The molecule has 54 heavy (non-hydrogen) atoms. The molecule has 254 valence electrons. The first-order valence-electron chi connectivity index (χ1n) is 18.7. The van der Waals surface area contributed by atoms with Gasteiger partial charge in [0.25, 0.3) is 0 Å². The summed E-state index contributed by atoms with van der Waals surface area (Å²) in [7, 11) is 0. The number of anilines is 3. The highest BCUT2D eigenvalue weighted by Gasteiger charge is 2.47. The lowest BCUT2D eigenvalue weighted by Crippen LogP contribution is -2.28. The maximum absolute atomic E-state index is 2.46. The zero-order chi connectivity index (χ0) is 35.9. The number of hydrogen-bond donors (Lipinski definition) is 0. The Morgan fingerprint density at radius 2 is 0.852 bits per heavy atom. The summed E-state index contributed by atoms with van der Waals surface area (Å²) in [5, 5.41) is 2.49. The van der Waals surface area contributed by atoms with Crippen molar-refractivity contribution in [1.29, 1.82) is 0 Å². The van der Waals surface area contributed by atoms with Gasteiger partial charge in [0, 0.05) is 16.9 Å². The molecule has 10 rings (SSSR count). The molecule has 9 aromatic rings. The van der Waals surface area contributed by atoms with Crippen molar-refractivity contribution in [1.82, 2.24) is 0 Å². The fourth-order valence-electron chi connectivity index (χ4n) is 8.71. The average Bonchev–Trinajstić information content (AvgIpc) is 3.57. The van der Waals surface area contributed by atoms with Crippen molar-refractivity contribution in [2.24, 2.45) is 0 Å². The SMILES string of the molecule is c1ccc(-c2ccc(N(c3cccc(-c4ccc5ccccc5c4)c3)c3cccc4c3-c3ccccc3C4(c3ccccc3)c3ccccc3)cc2)cc1. The highest BCUT2D eigenvalue weighted by atomic mass is 15.1. The van der Waals surface area contributed by atoms with Crippen LogP contribution < -0.4 is 4.90 Å². The van der Waals surface area contributed by atoms with E-state index in [1.165, 1.54) is 66.4 Å². The smallest absolute Gasteiger partial charge is 0.0714 e. The molecule has 0 aliphatic heterocycles. The molecule has 0 saturated carbocycles. The van der Waals surface area contributed by atoms with Gasteiger partial charge >= 0.3 is 0 Å². The Balaban J connectivity index is 1.22. The second-order valence-electron chi connectivity index (χ2n) is 14.1. The van der Waals surface area contributed by atoms with Crippen LogP contribution in [0.2, 0.25) is 0 Å². The molecule has 0 spiro atoms. The average molecular weight is 688 g/mol. The topological polar surface area (TPSA) is 3.24 Å². The van der Waals surface area contributed by atoms with Gasteiger partial charge in [-0.25, -0.2) is 0 Å². The predicted octanol–water partition coefficient (Wildman–Crippen LogP) is 14.0. The third-order valence-corrected chi connectivity index (χ3v) is 11.1. The van der Waals surface area contributed by atoms with E-state index in [1.54, 1.807) is 0 Å². The number of fused-ring (bicyclic) bond motifs is 4. The zero-order valence-corrected chi connectivity index (χ0v) is 29.8. The summed E-state index contributed by atoms with van der Waals surface area (Å²) in [6.45, 7) is 0. The quantitative estimate of drug-likeness (QED) is 0.161. The van der Waals surface area contributed by atoms with Crippen LogP contribution in [0.1, 0.15) is 22.3 Å². The van der Waals surface area contributed by atoms with Gasteiger partial charge in [-0.1, -0.05) is 188 Å². The second-order valence-corrected chi connectivity index (χ2v) is 14.1. The van der Waals surface area contributed by atoms with Gasteiger partial charge in [-0.15, -0.1) is 0 Å². The molecule has 1 aliphatic carbocycles. The largest absolute Gasteiger partial charge is 0.310 e. The molecule has 0 N–H and O–H groups in total. The summed E-state index contributed by atoms with van der Waals surface area (Å²) in [5.74, 6) is 0. The molecule has 0 aromatic heterocycles. The molecule has 0 unspecified atom stereocenters. The lowest BCUT2D eigenvalue weighted by atomic mass is 9.68. The van der Waals surface area contributed by atoms with Crippen molar-refractivity contribution in [3.8, 4) is 33.4 Å². The molecule has 0 atom stereocenters. The highest BCUT2D eigenvalue weighted by Crippen LogP contribution is 2.59. The molecule has 0 radical (unpaired) electrons. The maximum atomic E-state index is 2.46. The number of benzene rings is 9. The first-order chi connectivity index (χ1) is 26.8. The number of nitrogens with zero attached hydrogens (tertiary/aromatic N) is 1. The lowest BCUT2D eigenvalue weighted by Gasteiger charge is -2.34. The van der Waals surface area contributed by atoms with Gasteiger partial charge in [0.2, 0.25) is 0 Å². The van der Waals surface area contributed by atoms with Crippen molar-refractivity contribution < 1.29 is 0 Å². The number of rotatable bonds is 7. The second kappa shape index (κ2) is 13.2. The Labute approximate surface area is 317 Å². The predicted molar refractivity (Wildman–Crippen MR) is 227 cm³/mol. The summed E-state index contributed by atoms with van der Waals surface area (Å²) < 4.78 is 0. The molecular formula is C53H37N. The zero-order valence-electron chi connectivity index (χ0n) is 29.8. The third kappa shape index (κ3) is 5.17. The third-order valence-electron chi connectivity index (χ3n) is 11.1. The van der Waals surface area contributed by atoms with Gasteiger partial charge in [0.15, 0.2) is 0 Å². The van der Waals surface area contributed by atoms with Crippen LogP contribution in [0.15, 0.2) is 224 Å². The molecule has 9 aromatic carbocycles. The highest BCUT2D eigenvalue weighted by molar-refractivity contribution is 5.98. The van der Waals surface area contributed by atoms with Crippen molar-refractivity contribution >= 4 is 27.8 Å². The molecule has 0 heterocycles. The summed E-state index contributed by atoms with van der Waals surface area (Å²) in [5.41, 5.74) is 15.3. The Kier molecular flexibility index (Phi) is 7.78. The Hall–Kier alpha value is -6.96. The van der Waals surface area contributed by atoms with Gasteiger partial charge < -0.3 is 4.90 Å². The van der Waals surface area contributed by atoms with Gasteiger partial charge in [-0.2, -0.15) is 0 Å². The van der Waals surface area contributed by atoms with E-state index in [4.69, 9.17) is 0 Å². The maximum Gasteiger partial charge on any atom is 0.0714 e. The normalized spacial score (nSPS) is 12.6. The summed E-state index contributed by atoms with van der Waals surface area (Å²) in [6, 6.07) is 82.0. The van der Waals surface area contributed by atoms with E-state index in [0.29, 0.717) is 0 Å². The van der Waals surface area contributed by atoms with E-state index in [0.717, 1.165) is 17.1 Å². The molecule has 1 nitrogen and oxygen atoms in total. The summed E-state index contributed by atoms with van der Waals surface area (Å²) in [4.78, 5) is 2.46. The molecule has 1 aliphatic rings. The van der Waals surface area contributed by atoms with Crippen LogP contribution in [-0.4, -0.2) is 0 Å². The van der Waals surface area contributed by atoms with Crippen LogP contribution in [0.5, 0.6) is 0 Å². The van der Waals surface area contributed by atoms with Crippen LogP contribution in [0, 0.1) is 0 Å². The molecule has 0 bridgehead atoms. The van der Waals surface area contributed by atoms with E-state index in [-0.39, 0.29) is 0 Å².